The summed E-state index contributed by atoms with van der Waals surface area (Å²) >= 11 is 5.95. The van der Waals surface area contributed by atoms with Gasteiger partial charge in [0.15, 0.2) is 11.5 Å². The standard InChI is InChI=1S/C24H13ClN4O9/c25-12-2-5-16(17(8-12)29(35)36)26-20(11-1-6-18-19(7-11)38-10-37-18)21(24(26)32)27-22(30)14-4-3-13(28(33)34)9-15(14)23(27)31/h1-9,20-21H,10H2. The molecule has 3 aromatic rings. The first kappa shape index (κ1) is 23.4. The van der Waals surface area contributed by atoms with Crippen LogP contribution >= 0.6 is 11.6 Å². The number of ether oxygens (including phenoxy) is 2. The van der Waals surface area contributed by atoms with Gasteiger partial charge in [-0.05, 0) is 35.9 Å². The van der Waals surface area contributed by atoms with Gasteiger partial charge in [-0.2, -0.15) is 0 Å². The molecule has 38 heavy (non-hydrogen) atoms. The Morgan fingerprint density at radius 2 is 1.53 bits per heavy atom. The number of non-ortho nitro benzene ring substituents is 1. The third kappa shape index (κ3) is 3.29. The average Bonchev–Trinajstić information content (AvgIpc) is 3.45. The maximum absolute atomic E-state index is 13.6. The largest absolute Gasteiger partial charge is 0.454 e. The van der Waals surface area contributed by atoms with E-state index in [0.29, 0.717) is 17.1 Å². The number of carbonyl (C=O) groups is 3. The number of carbonyl (C=O) groups excluding carboxylic acids is 3. The number of anilines is 1. The summed E-state index contributed by atoms with van der Waals surface area (Å²) in [5.41, 5.74) is -0.822. The van der Waals surface area contributed by atoms with Crippen molar-refractivity contribution in [1.29, 1.82) is 0 Å². The summed E-state index contributed by atoms with van der Waals surface area (Å²) in [4.78, 5) is 63.7. The van der Waals surface area contributed by atoms with Crippen LogP contribution in [0.15, 0.2) is 54.6 Å². The zero-order valence-corrected chi connectivity index (χ0v) is 19.7. The second-order valence-corrected chi connectivity index (χ2v) is 9.00. The number of benzene rings is 3. The van der Waals surface area contributed by atoms with Crippen LogP contribution in [0.2, 0.25) is 5.02 Å². The van der Waals surface area contributed by atoms with Crippen molar-refractivity contribution < 1.29 is 33.7 Å². The summed E-state index contributed by atoms with van der Waals surface area (Å²) in [7, 11) is 0. The minimum atomic E-state index is -1.39. The van der Waals surface area contributed by atoms with Gasteiger partial charge in [0.1, 0.15) is 11.7 Å². The van der Waals surface area contributed by atoms with Gasteiger partial charge < -0.3 is 9.47 Å². The number of hydrogen-bond donors (Lipinski definition) is 0. The lowest BCUT2D eigenvalue weighted by Gasteiger charge is -2.49. The lowest BCUT2D eigenvalue weighted by Crippen LogP contribution is -2.67. The molecule has 0 radical (unpaired) electrons. The number of halogens is 1. The molecule has 0 spiro atoms. The van der Waals surface area contributed by atoms with Gasteiger partial charge in [0.05, 0.1) is 27.0 Å². The number of nitro benzene ring substituents is 2. The monoisotopic (exact) mass is 536 g/mol. The van der Waals surface area contributed by atoms with Gasteiger partial charge in [0, 0.05) is 23.2 Å². The van der Waals surface area contributed by atoms with Crippen molar-refractivity contribution in [2.75, 3.05) is 11.7 Å². The minimum absolute atomic E-state index is 0.0324. The van der Waals surface area contributed by atoms with E-state index >= 15 is 0 Å². The molecule has 1 fully saturated rings. The highest BCUT2D eigenvalue weighted by Crippen LogP contribution is 2.49. The molecule has 14 heteroatoms. The first-order chi connectivity index (χ1) is 18.2. The van der Waals surface area contributed by atoms with E-state index in [2.05, 4.69) is 0 Å². The molecule has 0 saturated carbocycles. The van der Waals surface area contributed by atoms with Crippen molar-refractivity contribution in [2.24, 2.45) is 0 Å². The van der Waals surface area contributed by atoms with Gasteiger partial charge in [0.25, 0.3) is 29.1 Å². The number of hydrogen-bond acceptors (Lipinski definition) is 9. The highest BCUT2D eigenvalue weighted by atomic mass is 35.5. The van der Waals surface area contributed by atoms with Crippen LogP contribution in [0.3, 0.4) is 0 Å². The number of β-lactam (4-membered cyclic amide) rings is 1. The summed E-state index contributed by atoms with van der Waals surface area (Å²) in [6, 6.07) is 9.31. The van der Waals surface area contributed by atoms with Crippen molar-refractivity contribution in [2.45, 2.75) is 12.1 Å². The van der Waals surface area contributed by atoms with Gasteiger partial charge in [0.2, 0.25) is 6.79 Å². The van der Waals surface area contributed by atoms with E-state index in [9.17, 15) is 34.6 Å². The zero-order chi connectivity index (χ0) is 26.9. The summed E-state index contributed by atoms with van der Waals surface area (Å²) in [5, 5.41) is 23.1. The van der Waals surface area contributed by atoms with E-state index in [-0.39, 0.29) is 28.6 Å². The minimum Gasteiger partial charge on any atom is -0.454 e. The van der Waals surface area contributed by atoms with Crippen LogP contribution in [-0.4, -0.2) is 45.3 Å². The topological polar surface area (TPSA) is 162 Å². The number of nitro groups is 2. The fourth-order valence-corrected chi connectivity index (χ4v) is 5.05. The fourth-order valence-electron chi connectivity index (χ4n) is 4.88. The van der Waals surface area contributed by atoms with E-state index in [1.807, 2.05) is 0 Å². The van der Waals surface area contributed by atoms with Gasteiger partial charge in [-0.15, -0.1) is 0 Å². The van der Waals surface area contributed by atoms with Crippen molar-refractivity contribution >= 4 is 46.4 Å². The Labute approximate surface area is 217 Å². The van der Waals surface area contributed by atoms with Crippen molar-refractivity contribution in [3.8, 4) is 11.5 Å². The van der Waals surface area contributed by atoms with Crippen LogP contribution < -0.4 is 14.4 Å². The van der Waals surface area contributed by atoms with Gasteiger partial charge >= 0.3 is 0 Å². The summed E-state index contributed by atoms with van der Waals surface area (Å²) in [5.74, 6) is -1.67. The number of amides is 3. The highest BCUT2D eigenvalue weighted by molar-refractivity contribution is 6.31. The third-order valence-corrected chi connectivity index (χ3v) is 6.83. The van der Waals surface area contributed by atoms with Crippen LogP contribution in [0.1, 0.15) is 32.3 Å². The Morgan fingerprint density at radius 3 is 2.26 bits per heavy atom. The molecular formula is C24H13ClN4O9. The van der Waals surface area contributed by atoms with Gasteiger partial charge in [-0.1, -0.05) is 17.7 Å². The molecule has 2 unspecified atom stereocenters. The SMILES string of the molecule is O=C1c2ccc([N+](=O)[O-])cc2C(=O)N1C1C(=O)N(c2ccc(Cl)cc2[N+](=O)[O-])C1c1ccc2c(c1)OCO2. The second kappa shape index (κ2) is 8.24. The van der Waals surface area contributed by atoms with Crippen LogP contribution in [0, 0.1) is 20.2 Å². The van der Waals surface area contributed by atoms with Crippen molar-refractivity contribution in [3.63, 3.8) is 0 Å². The van der Waals surface area contributed by atoms with Crippen LogP contribution in [0.4, 0.5) is 17.1 Å². The molecule has 3 amide bonds. The van der Waals surface area contributed by atoms with Crippen LogP contribution in [0.25, 0.3) is 0 Å². The molecule has 2 atom stereocenters. The molecule has 0 aliphatic carbocycles. The number of nitrogens with zero attached hydrogens (tertiary/aromatic N) is 4. The quantitative estimate of drug-likeness (QED) is 0.205. The maximum atomic E-state index is 13.6. The van der Waals surface area contributed by atoms with E-state index in [4.69, 9.17) is 21.1 Å². The number of rotatable bonds is 5. The Hall–Kier alpha value is -5.04. The smallest absolute Gasteiger partial charge is 0.294 e. The fraction of sp³-hybridized carbons (Fsp3) is 0.125. The molecule has 3 aliphatic rings. The Morgan fingerprint density at radius 1 is 0.789 bits per heavy atom. The summed E-state index contributed by atoms with van der Waals surface area (Å²) in [6.45, 7) is -0.0324. The summed E-state index contributed by atoms with van der Waals surface area (Å²) < 4.78 is 10.8. The molecule has 0 aromatic heterocycles. The lowest BCUT2D eigenvalue weighted by atomic mass is 9.86. The Kier molecular flexibility index (Phi) is 5.07. The first-order valence-electron chi connectivity index (χ1n) is 11.0. The first-order valence-corrected chi connectivity index (χ1v) is 11.4. The van der Waals surface area contributed by atoms with Gasteiger partial charge in [-0.25, -0.2) is 0 Å². The molecule has 13 nitrogen and oxygen atoms in total. The zero-order valence-electron chi connectivity index (χ0n) is 18.9. The molecule has 6 rings (SSSR count). The molecule has 3 heterocycles. The molecule has 3 aliphatic heterocycles. The molecule has 0 bridgehead atoms. The third-order valence-electron chi connectivity index (χ3n) is 6.59. The second-order valence-electron chi connectivity index (χ2n) is 8.57. The predicted molar refractivity (Wildman–Crippen MR) is 128 cm³/mol. The summed E-state index contributed by atoms with van der Waals surface area (Å²) in [6.07, 6.45) is 0. The molecule has 1 saturated heterocycles. The molecular weight excluding hydrogens is 524 g/mol. The van der Waals surface area contributed by atoms with E-state index in [1.165, 1.54) is 12.1 Å². The molecule has 3 aromatic carbocycles. The highest BCUT2D eigenvalue weighted by Gasteiger charge is 2.58. The Bertz CT molecular complexity index is 1620. The normalized spacial score (nSPS) is 19.4. The predicted octanol–water partition coefficient (Wildman–Crippen LogP) is 3.64. The number of fused-ring (bicyclic) bond motifs is 2. The Balaban J connectivity index is 1.47. The van der Waals surface area contributed by atoms with Crippen LogP contribution in [-0.2, 0) is 4.79 Å². The average molecular weight is 537 g/mol. The van der Waals surface area contributed by atoms with E-state index in [1.54, 1.807) is 18.2 Å². The lowest BCUT2D eigenvalue weighted by molar-refractivity contribution is -0.384. The van der Waals surface area contributed by atoms with E-state index in [0.717, 1.165) is 34.1 Å². The molecule has 190 valence electrons. The van der Waals surface area contributed by atoms with Gasteiger partial charge in [-0.3, -0.25) is 44.4 Å². The van der Waals surface area contributed by atoms with Crippen LogP contribution in [0.5, 0.6) is 11.5 Å². The van der Waals surface area contributed by atoms with E-state index < -0.39 is 51.0 Å². The molecule has 0 N–H and O–H groups in total. The number of imide groups is 1. The van der Waals surface area contributed by atoms with Crippen molar-refractivity contribution in [1.82, 2.24) is 4.90 Å². The van der Waals surface area contributed by atoms with Crippen molar-refractivity contribution in [3.05, 3.63) is 96.5 Å². The maximum Gasteiger partial charge on any atom is 0.294 e.